The second-order valence-electron chi connectivity index (χ2n) is 11.3. The van der Waals surface area contributed by atoms with Crippen LogP contribution >= 0.6 is 0 Å². The molecule has 2 heterocycles. The zero-order valence-corrected chi connectivity index (χ0v) is 22.9. The van der Waals surface area contributed by atoms with Gasteiger partial charge in [0.15, 0.2) is 0 Å². The van der Waals surface area contributed by atoms with Crippen molar-refractivity contribution in [2.45, 2.75) is 37.8 Å². The number of para-hydroxylation sites is 1. The maximum absolute atomic E-state index is 6.77. The summed E-state index contributed by atoms with van der Waals surface area (Å²) in [4.78, 5) is 10.1. The topological polar surface area (TPSA) is 63.9 Å². The first-order chi connectivity index (χ1) is 20.2. The molecule has 4 aliphatic rings. The van der Waals surface area contributed by atoms with Gasteiger partial charge >= 0.3 is 0 Å². The lowest BCUT2D eigenvalue weighted by Crippen LogP contribution is -2.23. The number of rotatable bonds is 5. The molecule has 41 heavy (non-hydrogen) atoms. The van der Waals surface area contributed by atoms with Crippen LogP contribution in [0.1, 0.15) is 52.8 Å². The number of amidine groups is 1. The highest BCUT2D eigenvalue weighted by Crippen LogP contribution is 2.46. The van der Waals surface area contributed by atoms with Crippen molar-refractivity contribution in [3.63, 3.8) is 0 Å². The van der Waals surface area contributed by atoms with Crippen molar-refractivity contribution in [1.82, 2.24) is 0 Å². The molecule has 0 radical (unpaired) electrons. The van der Waals surface area contributed by atoms with Crippen molar-refractivity contribution < 1.29 is 4.42 Å². The van der Waals surface area contributed by atoms with Crippen LogP contribution in [-0.4, -0.2) is 11.5 Å². The zero-order valence-electron chi connectivity index (χ0n) is 22.9. The second kappa shape index (κ2) is 9.45. The number of benzene rings is 3. The van der Waals surface area contributed by atoms with E-state index in [9.17, 15) is 0 Å². The van der Waals surface area contributed by atoms with E-state index in [4.69, 9.17) is 20.1 Å². The number of nitrogens with zero attached hydrogens (tertiary/aromatic N) is 2. The molecule has 2 atom stereocenters. The Labute approximate surface area is 240 Å². The SMILES string of the molecule is NC(=NC1(c2ccccc2)N=C1C1=CCCC=C1)c1ccc2c(c1)CC(C1=CCCc3oc4ccccc4c31)C=C2. The van der Waals surface area contributed by atoms with E-state index in [2.05, 4.69) is 85.0 Å². The van der Waals surface area contributed by atoms with Crippen LogP contribution in [-0.2, 0) is 18.5 Å². The van der Waals surface area contributed by atoms with Gasteiger partial charge in [0.2, 0.25) is 5.66 Å². The van der Waals surface area contributed by atoms with Crippen LogP contribution in [0.25, 0.3) is 22.6 Å². The summed E-state index contributed by atoms with van der Waals surface area (Å²) in [6, 6.07) is 25.2. The standard InChI is InChI=1S/C37H31N3O/c38-36(40-37(29-12-5-2-6-13-29)35(39-37)25-10-3-1-4-11-25)27-21-19-24-18-20-26(22-28(24)23-27)30-15-9-17-33-34(30)31-14-7-8-16-32(31)41-33/h2-3,5-8,10-16,18-21,23,26H,1,4,9,17,22H2,(H2,38,40). The normalized spacial score (nSPS) is 23.0. The molecular weight excluding hydrogens is 502 g/mol. The molecule has 3 aromatic carbocycles. The minimum absolute atomic E-state index is 0.287. The molecule has 200 valence electrons. The highest BCUT2D eigenvalue weighted by Gasteiger charge is 2.50. The maximum Gasteiger partial charge on any atom is 0.221 e. The zero-order chi connectivity index (χ0) is 27.4. The van der Waals surface area contributed by atoms with Crippen molar-refractivity contribution in [1.29, 1.82) is 0 Å². The summed E-state index contributed by atoms with van der Waals surface area (Å²) in [7, 11) is 0. The summed E-state index contributed by atoms with van der Waals surface area (Å²) in [6.45, 7) is 0. The van der Waals surface area contributed by atoms with Crippen molar-refractivity contribution in [2.75, 3.05) is 0 Å². The van der Waals surface area contributed by atoms with Crippen molar-refractivity contribution in [3.05, 3.63) is 142 Å². The van der Waals surface area contributed by atoms with E-state index in [0.717, 1.165) is 65.9 Å². The van der Waals surface area contributed by atoms with E-state index in [-0.39, 0.29) is 5.92 Å². The molecule has 3 aliphatic carbocycles. The molecule has 4 aromatic rings. The second-order valence-corrected chi connectivity index (χ2v) is 11.3. The fourth-order valence-electron chi connectivity index (χ4n) is 6.67. The molecule has 0 spiro atoms. The summed E-state index contributed by atoms with van der Waals surface area (Å²) < 4.78 is 6.26. The van der Waals surface area contributed by atoms with Gasteiger partial charge in [-0.2, -0.15) is 0 Å². The Hall–Kier alpha value is -4.70. The Bertz CT molecular complexity index is 1880. The lowest BCUT2D eigenvalue weighted by Gasteiger charge is -2.25. The minimum atomic E-state index is -0.747. The molecule has 2 unspecified atom stereocenters. The molecule has 4 heteroatoms. The van der Waals surface area contributed by atoms with E-state index >= 15 is 0 Å². The van der Waals surface area contributed by atoms with Gasteiger partial charge < -0.3 is 10.2 Å². The van der Waals surface area contributed by atoms with Gasteiger partial charge in [0, 0.05) is 34.4 Å². The van der Waals surface area contributed by atoms with E-state index in [1.54, 1.807) is 0 Å². The van der Waals surface area contributed by atoms with Crippen LogP contribution in [0.3, 0.4) is 0 Å². The first-order valence-electron chi connectivity index (χ1n) is 14.6. The number of hydrogen-bond acceptors (Lipinski definition) is 3. The fraction of sp³-hybridized carbons (Fsp3) is 0.189. The summed E-state index contributed by atoms with van der Waals surface area (Å²) in [5.74, 6) is 1.92. The summed E-state index contributed by atoms with van der Waals surface area (Å²) in [5, 5.41) is 1.21. The van der Waals surface area contributed by atoms with Crippen LogP contribution in [0.2, 0.25) is 0 Å². The van der Waals surface area contributed by atoms with Gasteiger partial charge in [0.1, 0.15) is 17.2 Å². The number of aryl methyl sites for hydroxylation is 1. The van der Waals surface area contributed by atoms with Crippen LogP contribution in [0.15, 0.2) is 123 Å². The number of furan rings is 1. The third-order valence-electron chi connectivity index (χ3n) is 8.76. The number of fused-ring (bicyclic) bond motifs is 4. The Morgan fingerprint density at radius 3 is 2.68 bits per heavy atom. The molecule has 0 amide bonds. The van der Waals surface area contributed by atoms with E-state index < -0.39 is 5.66 Å². The largest absolute Gasteiger partial charge is 0.460 e. The van der Waals surface area contributed by atoms with E-state index in [1.165, 1.54) is 27.6 Å². The van der Waals surface area contributed by atoms with Gasteiger partial charge in [0.25, 0.3) is 0 Å². The van der Waals surface area contributed by atoms with Crippen molar-refractivity contribution >= 4 is 34.2 Å². The predicted molar refractivity (Wildman–Crippen MR) is 168 cm³/mol. The molecule has 8 rings (SSSR count). The Morgan fingerprint density at radius 1 is 0.927 bits per heavy atom. The minimum Gasteiger partial charge on any atom is -0.460 e. The van der Waals surface area contributed by atoms with Gasteiger partial charge in [0.05, 0.1) is 5.71 Å². The third kappa shape index (κ3) is 4.05. The maximum atomic E-state index is 6.77. The Morgan fingerprint density at radius 2 is 1.80 bits per heavy atom. The van der Waals surface area contributed by atoms with E-state index in [1.807, 2.05) is 24.3 Å². The fourth-order valence-corrected chi connectivity index (χ4v) is 6.67. The summed E-state index contributed by atoms with van der Waals surface area (Å²) >= 11 is 0. The number of nitrogens with two attached hydrogens (primary N) is 1. The van der Waals surface area contributed by atoms with Gasteiger partial charge in [-0.15, -0.1) is 0 Å². The molecular formula is C37H31N3O. The Balaban J connectivity index is 1.12. The van der Waals surface area contributed by atoms with Crippen LogP contribution < -0.4 is 5.73 Å². The summed E-state index contributed by atoms with van der Waals surface area (Å²) in [5.41, 5.74) is 16.3. The lowest BCUT2D eigenvalue weighted by molar-refractivity contribution is 0.543. The molecule has 4 nitrogen and oxygen atoms in total. The van der Waals surface area contributed by atoms with Crippen LogP contribution in [0.4, 0.5) is 0 Å². The molecule has 0 fully saturated rings. The molecule has 0 saturated carbocycles. The molecule has 1 aromatic heterocycles. The summed E-state index contributed by atoms with van der Waals surface area (Å²) in [6.07, 6.45) is 18.6. The highest BCUT2D eigenvalue weighted by molar-refractivity contribution is 6.20. The third-order valence-corrected chi connectivity index (χ3v) is 8.76. The number of aliphatic imine (C=N–C) groups is 2. The molecule has 0 saturated heterocycles. The quantitative estimate of drug-likeness (QED) is 0.209. The monoisotopic (exact) mass is 533 g/mol. The molecule has 0 bridgehead atoms. The highest BCUT2D eigenvalue weighted by atomic mass is 16.3. The number of hydrogen-bond donors (Lipinski definition) is 1. The molecule has 2 N–H and O–H groups in total. The smallest absolute Gasteiger partial charge is 0.221 e. The van der Waals surface area contributed by atoms with E-state index in [0.29, 0.717) is 5.84 Å². The molecule has 1 aliphatic heterocycles. The van der Waals surface area contributed by atoms with Crippen LogP contribution in [0, 0.1) is 5.92 Å². The lowest BCUT2D eigenvalue weighted by atomic mass is 9.79. The van der Waals surface area contributed by atoms with Gasteiger partial charge in [-0.25, -0.2) is 9.98 Å². The first-order valence-corrected chi connectivity index (χ1v) is 14.6. The first kappa shape index (κ1) is 24.1. The Kier molecular flexibility index (Phi) is 5.56. The van der Waals surface area contributed by atoms with Gasteiger partial charge in [-0.05, 0) is 60.1 Å². The predicted octanol–water partition coefficient (Wildman–Crippen LogP) is 7.94. The van der Waals surface area contributed by atoms with Crippen molar-refractivity contribution in [2.24, 2.45) is 21.6 Å². The van der Waals surface area contributed by atoms with Gasteiger partial charge in [-0.1, -0.05) is 97.1 Å². The number of allylic oxidation sites excluding steroid dienone is 6. The van der Waals surface area contributed by atoms with Crippen molar-refractivity contribution in [3.8, 4) is 0 Å². The average Bonchev–Trinajstić information content (AvgIpc) is 3.64. The van der Waals surface area contributed by atoms with Crippen LogP contribution in [0.5, 0.6) is 0 Å². The van der Waals surface area contributed by atoms with Gasteiger partial charge in [-0.3, -0.25) is 0 Å². The average molecular weight is 534 g/mol.